The van der Waals surface area contributed by atoms with Crippen LogP contribution in [0, 0.1) is 17.2 Å². The molecule has 0 radical (unpaired) electrons. The Morgan fingerprint density at radius 2 is 1.94 bits per heavy atom. The van der Waals surface area contributed by atoms with Crippen LogP contribution in [0.5, 0.6) is 5.75 Å². The van der Waals surface area contributed by atoms with Crippen molar-refractivity contribution in [3.8, 4) is 11.8 Å². The Hall–Kier alpha value is -1.49. The minimum absolute atomic E-state index is 0.147. The molecule has 0 N–H and O–H groups in total. The average molecular weight is 229 g/mol. The summed E-state index contributed by atoms with van der Waals surface area (Å²) in [4.78, 5) is 0. The van der Waals surface area contributed by atoms with Crippen LogP contribution in [-0.2, 0) is 0 Å². The lowest BCUT2D eigenvalue weighted by Gasteiger charge is -2.21. The first-order chi connectivity index (χ1) is 8.36. The molecule has 0 spiro atoms. The summed E-state index contributed by atoms with van der Waals surface area (Å²) in [6.45, 7) is 0. The number of nitriles is 1. The highest BCUT2D eigenvalue weighted by Gasteiger charge is 2.26. The summed E-state index contributed by atoms with van der Waals surface area (Å²) in [7, 11) is 1.71. The van der Waals surface area contributed by atoms with E-state index in [1.165, 1.54) is 24.8 Å². The van der Waals surface area contributed by atoms with Gasteiger partial charge in [0.2, 0.25) is 0 Å². The Bertz CT molecular complexity index is 408. The van der Waals surface area contributed by atoms with Crippen LogP contribution in [0.15, 0.2) is 24.3 Å². The van der Waals surface area contributed by atoms with E-state index in [1.54, 1.807) is 7.11 Å². The van der Waals surface area contributed by atoms with Gasteiger partial charge in [-0.3, -0.25) is 0 Å². The van der Waals surface area contributed by atoms with Crippen molar-refractivity contribution in [2.75, 3.05) is 7.11 Å². The molecule has 17 heavy (non-hydrogen) atoms. The Labute approximate surface area is 103 Å². The molecule has 1 aliphatic carbocycles. The molecule has 2 unspecified atom stereocenters. The number of ether oxygens (including phenoxy) is 1. The molecule has 0 amide bonds. The first kappa shape index (κ1) is 12.0. The molecule has 1 aromatic carbocycles. The highest BCUT2D eigenvalue weighted by molar-refractivity contribution is 5.37. The van der Waals surface area contributed by atoms with Crippen LogP contribution in [0.2, 0.25) is 0 Å². The van der Waals surface area contributed by atoms with Gasteiger partial charge >= 0.3 is 0 Å². The number of methoxy groups -OCH3 is 1. The maximum Gasteiger partial charge on any atom is 0.122 e. The number of hydrogen-bond donors (Lipinski definition) is 0. The third-order valence-corrected chi connectivity index (χ3v) is 3.72. The third kappa shape index (κ3) is 2.61. The van der Waals surface area contributed by atoms with E-state index in [4.69, 9.17) is 4.74 Å². The fourth-order valence-corrected chi connectivity index (χ4v) is 2.81. The predicted molar refractivity (Wildman–Crippen MR) is 67.9 cm³/mol. The van der Waals surface area contributed by atoms with E-state index in [0.717, 1.165) is 18.6 Å². The third-order valence-electron chi connectivity index (χ3n) is 3.72. The summed E-state index contributed by atoms with van der Waals surface area (Å²) in [5, 5.41) is 9.32. The predicted octanol–water partition coefficient (Wildman–Crippen LogP) is 3.88. The van der Waals surface area contributed by atoms with Gasteiger partial charge in [0.1, 0.15) is 5.75 Å². The molecule has 1 saturated carbocycles. The molecule has 2 rings (SSSR count). The van der Waals surface area contributed by atoms with Crippen molar-refractivity contribution >= 4 is 0 Å². The summed E-state index contributed by atoms with van der Waals surface area (Å²) in [6, 6.07) is 10.6. The van der Waals surface area contributed by atoms with Crippen molar-refractivity contribution in [2.45, 2.75) is 38.0 Å². The monoisotopic (exact) mass is 229 g/mol. The van der Waals surface area contributed by atoms with E-state index in [2.05, 4.69) is 12.1 Å². The molecule has 0 aliphatic heterocycles. The fraction of sp³-hybridized carbons (Fsp3) is 0.533. The number of para-hydroxylation sites is 1. The van der Waals surface area contributed by atoms with Crippen molar-refractivity contribution in [1.82, 2.24) is 0 Å². The second kappa shape index (κ2) is 5.72. The van der Waals surface area contributed by atoms with Gasteiger partial charge in [0.25, 0.3) is 0 Å². The summed E-state index contributed by atoms with van der Waals surface area (Å²) < 4.78 is 5.42. The van der Waals surface area contributed by atoms with Crippen LogP contribution in [-0.4, -0.2) is 7.11 Å². The largest absolute Gasteiger partial charge is 0.496 e. The van der Waals surface area contributed by atoms with E-state index in [-0.39, 0.29) is 5.92 Å². The highest BCUT2D eigenvalue weighted by Crippen LogP contribution is 2.39. The van der Waals surface area contributed by atoms with E-state index >= 15 is 0 Å². The SMILES string of the molecule is COc1ccccc1C1CCCCCC1C#N. The van der Waals surface area contributed by atoms with E-state index in [1.807, 2.05) is 18.2 Å². The van der Waals surface area contributed by atoms with Gasteiger partial charge in [-0.2, -0.15) is 5.26 Å². The van der Waals surface area contributed by atoms with Crippen LogP contribution in [0.4, 0.5) is 0 Å². The van der Waals surface area contributed by atoms with Gasteiger partial charge in [0.15, 0.2) is 0 Å². The second-order valence-electron chi connectivity index (χ2n) is 4.72. The van der Waals surface area contributed by atoms with E-state index in [9.17, 15) is 5.26 Å². The number of benzene rings is 1. The molecule has 0 saturated heterocycles. The standard InChI is InChI=1S/C15H19NO/c1-17-15-10-6-5-9-14(15)13-8-4-2-3-7-12(13)11-16/h5-6,9-10,12-13H,2-4,7-8H2,1H3. The van der Waals surface area contributed by atoms with Gasteiger partial charge in [0.05, 0.1) is 19.1 Å². The summed E-state index contributed by atoms with van der Waals surface area (Å²) >= 11 is 0. The molecule has 1 aliphatic rings. The van der Waals surface area contributed by atoms with Crippen LogP contribution in [0.25, 0.3) is 0 Å². The zero-order chi connectivity index (χ0) is 12.1. The van der Waals surface area contributed by atoms with Crippen molar-refractivity contribution in [2.24, 2.45) is 5.92 Å². The molecular weight excluding hydrogens is 210 g/mol. The first-order valence-corrected chi connectivity index (χ1v) is 6.39. The van der Waals surface area contributed by atoms with Crippen molar-refractivity contribution in [3.63, 3.8) is 0 Å². The van der Waals surface area contributed by atoms with Crippen LogP contribution < -0.4 is 4.74 Å². The molecule has 2 heteroatoms. The lowest BCUT2D eigenvalue weighted by atomic mass is 9.83. The first-order valence-electron chi connectivity index (χ1n) is 6.39. The Morgan fingerprint density at radius 3 is 2.71 bits per heavy atom. The topological polar surface area (TPSA) is 33.0 Å². The second-order valence-corrected chi connectivity index (χ2v) is 4.72. The Morgan fingerprint density at radius 1 is 1.18 bits per heavy atom. The zero-order valence-electron chi connectivity index (χ0n) is 10.4. The van der Waals surface area contributed by atoms with Crippen molar-refractivity contribution < 1.29 is 4.74 Å². The molecule has 1 aromatic rings. The maximum absolute atomic E-state index is 9.32. The quantitative estimate of drug-likeness (QED) is 0.721. The maximum atomic E-state index is 9.32. The number of rotatable bonds is 2. The minimum Gasteiger partial charge on any atom is -0.496 e. The molecule has 2 nitrogen and oxygen atoms in total. The van der Waals surface area contributed by atoms with Crippen LogP contribution in [0.1, 0.15) is 43.6 Å². The van der Waals surface area contributed by atoms with Gasteiger partial charge in [-0.05, 0) is 24.5 Å². The van der Waals surface area contributed by atoms with Crippen LogP contribution in [0.3, 0.4) is 0 Å². The fourth-order valence-electron chi connectivity index (χ4n) is 2.81. The molecule has 2 atom stereocenters. The van der Waals surface area contributed by atoms with E-state index in [0.29, 0.717) is 5.92 Å². The van der Waals surface area contributed by atoms with Gasteiger partial charge in [-0.1, -0.05) is 37.5 Å². The molecular formula is C15H19NO. The van der Waals surface area contributed by atoms with Crippen molar-refractivity contribution in [1.29, 1.82) is 5.26 Å². The molecule has 0 aromatic heterocycles. The van der Waals surface area contributed by atoms with Crippen LogP contribution >= 0.6 is 0 Å². The number of hydrogen-bond acceptors (Lipinski definition) is 2. The smallest absolute Gasteiger partial charge is 0.122 e. The highest BCUT2D eigenvalue weighted by atomic mass is 16.5. The molecule has 90 valence electrons. The van der Waals surface area contributed by atoms with Gasteiger partial charge in [-0.15, -0.1) is 0 Å². The summed E-state index contributed by atoms with van der Waals surface area (Å²) in [5.74, 6) is 1.42. The van der Waals surface area contributed by atoms with Gasteiger partial charge < -0.3 is 4.74 Å². The Balaban J connectivity index is 2.32. The van der Waals surface area contributed by atoms with Gasteiger partial charge in [-0.25, -0.2) is 0 Å². The van der Waals surface area contributed by atoms with Gasteiger partial charge in [0, 0.05) is 5.92 Å². The minimum atomic E-state index is 0.147. The van der Waals surface area contributed by atoms with E-state index < -0.39 is 0 Å². The average Bonchev–Trinajstić information content (AvgIpc) is 2.63. The Kier molecular flexibility index (Phi) is 4.03. The molecule has 0 bridgehead atoms. The molecule has 0 heterocycles. The zero-order valence-corrected chi connectivity index (χ0v) is 10.4. The lowest BCUT2D eigenvalue weighted by molar-refractivity contribution is 0.393. The normalized spacial score (nSPS) is 24.7. The molecule has 1 fully saturated rings. The number of nitrogens with zero attached hydrogens (tertiary/aromatic N) is 1. The summed E-state index contributed by atoms with van der Waals surface area (Å²) in [6.07, 6.45) is 5.80. The lowest BCUT2D eigenvalue weighted by Crippen LogP contribution is -2.11. The summed E-state index contributed by atoms with van der Waals surface area (Å²) in [5.41, 5.74) is 1.21. The van der Waals surface area contributed by atoms with Crippen molar-refractivity contribution in [3.05, 3.63) is 29.8 Å².